The zero-order chi connectivity index (χ0) is 34.5. The van der Waals surface area contributed by atoms with Crippen molar-refractivity contribution in [1.82, 2.24) is 19.4 Å². The Balaban J connectivity index is 1.82. The molecule has 250 valence electrons. The van der Waals surface area contributed by atoms with Gasteiger partial charge >= 0.3 is 11.8 Å². The standard InChI is InChI=1S/C34H37ClF3N5O4/c1-17(2)28-29(18(3)10-11-39-28)43-30-21(14-22(35)25(27(30)38)24-20(16-44)8-9-23(36)26(24)37)31(40-32(43)45)42-13-12-41(15-19(42)4)33(46)47-34(5,6)7/h8-11,14,17,19,44H,12-13,15-16H2,1-7H3/t19-/m0/s1. The quantitative estimate of drug-likeness (QED) is 0.247. The van der Waals surface area contributed by atoms with Crippen LogP contribution < -0.4 is 10.6 Å². The van der Waals surface area contributed by atoms with E-state index < -0.39 is 58.6 Å². The van der Waals surface area contributed by atoms with Crippen LogP contribution in [-0.4, -0.2) is 61.9 Å². The number of halogens is 4. The van der Waals surface area contributed by atoms with Gasteiger partial charge in [-0.15, -0.1) is 0 Å². The van der Waals surface area contributed by atoms with Crippen LogP contribution in [0.15, 0.2) is 35.3 Å². The van der Waals surface area contributed by atoms with Crippen molar-refractivity contribution in [1.29, 1.82) is 0 Å². The number of fused-ring (bicyclic) bond motifs is 1. The number of aliphatic hydroxyl groups is 1. The molecule has 2 aromatic heterocycles. The number of benzene rings is 2. The third-order valence-corrected chi connectivity index (χ3v) is 8.43. The molecule has 47 heavy (non-hydrogen) atoms. The third-order valence-electron chi connectivity index (χ3n) is 8.13. The van der Waals surface area contributed by atoms with Crippen LogP contribution in [0, 0.1) is 24.4 Å². The van der Waals surface area contributed by atoms with E-state index in [4.69, 9.17) is 16.3 Å². The molecule has 13 heteroatoms. The van der Waals surface area contributed by atoms with Gasteiger partial charge in [-0.1, -0.05) is 31.5 Å². The Hall–Kier alpha value is -4.16. The van der Waals surface area contributed by atoms with Crippen molar-refractivity contribution >= 4 is 34.4 Å². The van der Waals surface area contributed by atoms with Crippen LogP contribution in [-0.2, 0) is 11.3 Å². The molecule has 1 aliphatic rings. The summed E-state index contributed by atoms with van der Waals surface area (Å²) in [5.74, 6) is -3.84. The predicted octanol–water partition coefficient (Wildman–Crippen LogP) is 6.89. The lowest BCUT2D eigenvalue weighted by Crippen LogP contribution is -2.55. The number of rotatable bonds is 5. The fraction of sp³-hybridized carbons (Fsp3) is 0.412. The fourth-order valence-corrected chi connectivity index (χ4v) is 6.28. The van der Waals surface area contributed by atoms with Gasteiger partial charge in [0.2, 0.25) is 0 Å². The summed E-state index contributed by atoms with van der Waals surface area (Å²) in [6, 6.07) is 4.63. The van der Waals surface area contributed by atoms with E-state index in [1.165, 1.54) is 6.07 Å². The average Bonchev–Trinajstić information content (AvgIpc) is 2.98. The van der Waals surface area contributed by atoms with E-state index in [0.29, 0.717) is 16.9 Å². The van der Waals surface area contributed by atoms with Crippen molar-refractivity contribution in [3.05, 3.63) is 80.2 Å². The number of aromatic nitrogens is 3. The van der Waals surface area contributed by atoms with Crippen LogP contribution in [0.4, 0.5) is 23.8 Å². The van der Waals surface area contributed by atoms with Gasteiger partial charge in [0, 0.05) is 48.4 Å². The molecule has 0 unspecified atom stereocenters. The first kappa shape index (κ1) is 34.2. The maximum Gasteiger partial charge on any atom is 0.410 e. The van der Waals surface area contributed by atoms with Crippen molar-refractivity contribution in [2.24, 2.45) is 0 Å². The van der Waals surface area contributed by atoms with E-state index in [1.807, 2.05) is 20.8 Å². The summed E-state index contributed by atoms with van der Waals surface area (Å²) in [6.07, 6.45) is 1.10. The molecule has 1 fully saturated rings. The van der Waals surface area contributed by atoms with Gasteiger partial charge in [-0.05, 0) is 69.9 Å². The van der Waals surface area contributed by atoms with Crippen LogP contribution in [0.2, 0.25) is 5.02 Å². The smallest absolute Gasteiger partial charge is 0.410 e. The highest BCUT2D eigenvalue weighted by molar-refractivity contribution is 6.34. The predicted molar refractivity (Wildman–Crippen MR) is 175 cm³/mol. The number of piperazine rings is 1. The number of pyridine rings is 1. The minimum absolute atomic E-state index is 0.0976. The largest absolute Gasteiger partial charge is 0.444 e. The lowest BCUT2D eigenvalue weighted by Gasteiger charge is -2.41. The highest BCUT2D eigenvalue weighted by atomic mass is 35.5. The monoisotopic (exact) mass is 671 g/mol. The number of nitrogens with zero attached hydrogens (tertiary/aromatic N) is 5. The number of amides is 1. The molecule has 0 bridgehead atoms. The summed E-state index contributed by atoms with van der Waals surface area (Å²) in [5, 5.41) is 9.85. The summed E-state index contributed by atoms with van der Waals surface area (Å²) in [6.45, 7) is 12.6. The minimum atomic E-state index is -1.40. The molecule has 9 nitrogen and oxygen atoms in total. The lowest BCUT2D eigenvalue weighted by molar-refractivity contribution is 0.0218. The molecule has 0 radical (unpaired) electrons. The van der Waals surface area contributed by atoms with Crippen LogP contribution in [0.3, 0.4) is 0 Å². The maximum absolute atomic E-state index is 17.3. The zero-order valence-electron chi connectivity index (χ0n) is 27.3. The number of hydrogen-bond acceptors (Lipinski definition) is 7. The van der Waals surface area contributed by atoms with Crippen molar-refractivity contribution in [3.63, 3.8) is 0 Å². The van der Waals surface area contributed by atoms with Gasteiger partial charge in [0.25, 0.3) is 0 Å². The summed E-state index contributed by atoms with van der Waals surface area (Å²) in [5.41, 5.74) is -1.57. The zero-order valence-corrected chi connectivity index (χ0v) is 28.0. The molecule has 0 saturated carbocycles. The molecule has 3 heterocycles. The van der Waals surface area contributed by atoms with Crippen molar-refractivity contribution in [3.8, 4) is 16.8 Å². The SMILES string of the molecule is Cc1ccnc(C(C)C)c1-n1c(=O)nc(N2CCN(C(=O)OC(C)(C)C)C[C@@H]2C)c2cc(Cl)c(-c3c(CO)ccc(F)c3F)c(F)c21. The Labute approximate surface area is 275 Å². The number of ether oxygens (including phenoxy) is 1. The van der Waals surface area contributed by atoms with Gasteiger partial charge in [-0.25, -0.2) is 22.8 Å². The normalized spacial score (nSPS) is 15.6. The van der Waals surface area contributed by atoms with Crippen LogP contribution in [0.25, 0.3) is 27.7 Å². The van der Waals surface area contributed by atoms with Gasteiger partial charge < -0.3 is 19.6 Å². The van der Waals surface area contributed by atoms with Crippen molar-refractivity contribution < 1.29 is 27.8 Å². The van der Waals surface area contributed by atoms with Crippen LogP contribution in [0.5, 0.6) is 0 Å². The van der Waals surface area contributed by atoms with E-state index in [2.05, 4.69) is 9.97 Å². The summed E-state index contributed by atoms with van der Waals surface area (Å²) in [7, 11) is 0. The first-order valence-corrected chi connectivity index (χ1v) is 15.7. The molecule has 1 N–H and O–H groups in total. The highest BCUT2D eigenvalue weighted by Gasteiger charge is 2.34. The van der Waals surface area contributed by atoms with Gasteiger partial charge in [0.15, 0.2) is 17.5 Å². The van der Waals surface area contributed by atoms with Crippen LogP contribution in [0.1, 0.15) is 64.3 Å². The minimum Gasteiger partial charge on any atom is -0.444 e. The van der Waals surface area contributed by atoms with Gasteiger partial charge in [-0.2, -0.15) is 4.98 Å². The molecule has 1 amide bonds. The number of anilines is 1. The van der Waals surface area contributed by atoms with Crippen LogP contribution >= 0.6 is 11.6 Å². The van der Waals surface area contributed by atoms with E-state index in [0.717, 1.165) is 16.7 Å². The topological polar surface area (TPSA) is 101 Å². The Kier molecular flexibility index (Phi) is 9.31. The second-order valence-corrected chi connectivity index (χ2v) is 13.4. The number of carbonyl (C=O) groups excluding carboxylic acids is 1. The van der Waals surface area contributed by atoms with E-state index in [9.17, 15) is 19.1 Å². The Morgan fingerprint density at radius 2 is 1.83 bits per heavy atom. The maximum atomic E-state index is 17.3. The molecular formula is C34H37ClF3N5O4. The number of carbonyl (C=O) groups is 1. The second-order valence-electron chi connectivity index (χ2n) is 13.0. The van der Waals surface area contributed by atoms with E-state index in [1.54, 1.807) is 49.8 Å². The van der Waals surface area contributed by atoms with Crippen molar-refractivity contribution in [2.75, 3.05) is 24.5 Å². The Bertz CT molecular complexity index is 1940. The number of aliphatic hydroxyl groups excluding tert-OH is 1. The highest BCUT2D eigenvalue weighted by Crippen LogP contribution is 2.42. The lowest BCUT2D eigenvalue weighted by atomic mass is 9.96. The second kappa shape index (κ2) is 12.8. The average molecular weight is 672 g/mol. The molecule has 4 aromatic rings. The first-order valence-electron chi connectivity index (χ1n) is 15.3. The summed E-state index contributed by atoms with van der Waals surface area (Å²) < 4.78 is 53.8. The summed E-state index contributed by atoms with van der Waals surface area (Å²) >= 11 is 6.69. The first-order chi connectivity index (χ1) is 22.0. The molecule has 1 saturated heterocycles. The molecule has 2 aromatic carbocycles. The van der Waals surface area contributed by atoms with Gasteiger partial charge in [-0.3, -0.25) is 9.55 Å². The Morgan fingerprint density at radius 3 is 2.45 bits per heavy atom. The Morgan fingerprint density at radius 1 is 1.13 bits per heavy atom. The van der Waals surface area contributed by atoms with E-state index >= 15 is 8.78 Å². The molecule has 1 aliphatic heterocycles. The van der Waals surface area contributed by atoms with Crippen molar-refractivity contribution in [2.45, 2.75) is 72.6 Å². The molecule has 0 spiro atoms. The van der Waals surface area contributed by atoms with Gasteiger partial charge in [0.05, 0.1) is 28.5 Å². The van der Waals surface area contributed by atoms with Gasteiger partial charge in [0.1, 0.15) is 11.4 Å². The molecule has 0 aliphatic carbocycles. The molecule has 5 rings (SSSR count). The number of aryl methyl sites for hydroxylation is 1. The third kappa shape index (κ3) is 6.28. The molecule has 1 atom stereocenters. The summed E-state index contributed by atoms with van der Waals surface area (Å²) in [4.78, 5) is 39.2. The van der Waals surface area contributed by atoms with E-state index in [-0.39, 0.29) is 52.9 Å². The molecular weight excluding hydrogens is 635 g/mol. The fourth-order valence-electron chi connectivity index (χ4n) is 5.99. The number of hydrogen-bond donors (Lipinski definition) is 1.